The lowest BCUT2D eigenvalue weighted by atomic mass is 10.1. The molecule has 2 N–H and O–H groups in total. The molecular formula is C19H24N6O. The molecule has 0 unspecified atom stereocenters. The number of nitrogens with one attached hydrogen (secondary N) is 2. The van der Waals surface area contributed by atoms with Crippen LogP contribution in [-0.4, -0.2) is 25.6 Å². The predicted molar refractivity (Wildman–Crippen MR) is 101 cm³/mol. The van der Waals surface area contributed by atoms with E-state index < -0.39 is 0 Å². The Morgan fingerprint density at radius 3 is 2.73 bits per heavy atom. The molecule has 7 heteroatoms. The summed E-state index contributed by atoms with van der Waals surface area (Å²) in [5.74, 6) is 0.732. The maximum atomic E-state index is 12.5. The standard InChI is InChI=1S/C19H24N6O/c1-5-15-14(3)23-24(4)18(15)22-19(26)21-13(2)16-9-6-7-10-17(16)25-12-8-11-20-25/h6-13H,5H2,1-4H3,(H2,21,22,26)/t13-/m0/s1. The number of amides is 2. The summed E-state index contributed by atoms with van der Waals surface area (Å²) in [6.45, 7) is 5.96. The minimum absolute atomic E-state index is 0.185. The van der Waals surface area contributed by atoms with Crippen LogP contribution in [0.25, 0.3) is 5.69 Å². The second kappa shape index (κ2) is 7.43. The average Bonchev–Trinajstić information content (AvgIpc) is 3.23. The number of aromatic nitrogens is 4. The van der Waals surface area contributed by atoms with Crippen LogP contribution in [0.3, 0.4) is 0 Å². The third kappa shape index (κ3) is 3.46. The maximum Gasteiger partial charge on any atom is 0.320 e. The number of nitrogens with zero attached hydrogens (tertiary/aromatic N) is 4. The number of anilines is 1. The highest BCUT2D eigenvalue weighted by Gasteiger charge is 2.17. The normalized spacial score (nSPS) is 12.0. The van der Waals surface area contributed by atoms with Crippen LogP contribution < -0.4 is 10.6 Å². The van der Waals surface area contributed by atoms with Gasteiger partial charge in [-0.05, 0) is 38.0 Å². The number of hydrogen-bond donors (Lipinski definition) is 2. The zero-order valence-electron chi connectivity index (χ0n) is 15.5. The van der Waals surface area contributed by atoms with Crippen LogP contribution in [0.1, 0.15) is 36.7 Å². The van der Waals surface area contributed by atoms with Gasteiger partial charge >= 0.3 is 6.03 Å². The Hall–Kier alpha value is -3.09. The molecule has 2 heterocycles. The number of benzene rings is 1. The average molecular weight is 352 g/mol. The van der Waals surface area contributed by atoms with Crippen molar-refractivity contribution >= 4 is 11.8 Å². The predicted octanol–water partition coefficient (Wildman–Crippen LogP) is 3.36. The summed E-state index contributed by atoms with van der Waals surface area (Å²) in [5.41, 5.74) is 3.91. The van der Waals surface area contributed by atoms with Gasteiger partial charge in [-0.15, -0.1) is 0 Å². The molecule has 2 aromatic heterocycles. The number of aryl methyl sites for hydroxylation is 2. The summed E-state index contributed by atoms with van der Waals surface area (Å²) in [6, 6.07) is 9.32. The van der Waals surface area contributed by atoms with E-state index in [1.165, 1.54) is 0 Å². The quantitative estimate of drug-likeness (QED) is 0.739. The van der Waals surface area contributed by atoms with E-state index in [0.717, 1.165) is 34.7 Å². The van der Waals surface area contributed by atoms with Gasteiger partial charge in [0.15, 0.2) is 0 Å². The molecule has 2 amide bonds. The molecule has 0 fully saturated rings. The van der Waals surface area contributed by atoms with Gasteiger partial charge in [0.2, 0.25) is 0 Å². The topological polar surface area (TPSA) is 76.8 Å². The van der Waals surface area contributed by atoms with E-state index in [-0.39, 0.29) is 12.1 Å². The molecule has 0 aliphatic heterocycles. The summed E-state index contributed by atoms with van der Waals surface area (Å²) in [4.78, 5) is 12.5. The first-order valence-electron chi connectivity index (χ1n) is 8.70. The van der Waals surface area contributed by atoms with E-state index in [1.54, 1.807) is 15.6 Å². The van der Waals surface area contributed by atoms with Gasteiger partial charge in [-0.1, -0.05) is 25.1 Å². The van der Waals surface area contributed by atoms with Crippen molar-refractivity contribution in [3.63, 3.8) is 0 Å². The molecule has 1 aromatic carbocycles. The van der Waals surface area contributed by atoms with E-state index in [9.17, 15) is 4.79 Å². The fourth-order valence-corrected chi connectivity index (χ4v) is 3.17. The lowest BCUT2D eigenvalue weighted by Crippen LogP contribution is -2.32. The maximum absolute atomic E-state index is 12.5. The fraction of sp³-hybridized carbons (Fsp3) is 0.316. The van der Waals surface area contributed by atoms with E-state index in [1.807, 2.05) is 57.4 Å². The molecule has 1 atom stereocenters. The smallest absolute Gasteiger partial charge is 0.320 e. The Morgan fingerprint density at radius 1 is 1.27 bits per heavy atom. The van der Waals surface area contributed by atoms with Gasteiger partial charge in [0, 0.05) is 25.0 Å². The molecule has 0 saturated heterocycles. The number of rotatable bonds is 5. The van der Waals surface area contributed by atoms with Crippen molar-refractivity contribution in [2.24, 2.45) is 7.05 Å². The number of hydrogen-bond acceptors (Lipinski definition) is 3. The molecule has 7 nitrogen and oxygen atoms in total. The van der Waals surface area contributed by atoms with Crippen LogP contribution in [0.15, 0.2) is 42.7 Å². The van der Waals surface area contributed by atoms with Crippen molar-refractivity contribution in [3.05, 3.63) is 59.5 Å². The van der Waals surface area contributed by atoms with E-state index in [4.69, 9.17) is 0 Å². The van der Waals surface area contributed by atoms with Crippen LogP contribution in [0.5, 0.6) is 0 Å². The van der Waals surface area contributed by atoms with E-state index in [0.29, 0.717) is 0 Å². The van der Waals surface area contributed by atoms with Crippen LogP contribution in [0, 0.1) is 6.92 Å². The van der Waals surface area contributed by atoms with Gasteiger partial charge in [-0.2, -0.15) is 10.2 Å². The molecule has 136 valence electrons. The van der Waals surface area contributed by atoms with Crippen molar-refractivity contribution < 1.29 is 4.79 Å². The molecule has 3 rings (SSSR count). The second-order valence-electron chi connectivity index (χ2n) is 6.22. The van der Waals surface area contributed by atoms with Gasteiger partial charge in [0.25, 0.3) is 0 Å². The van der Waals surface area contributed by atoms with Crippen LogP contribution >= 0.6 is 0 Å². The van der Waals surface area contributed by atoms with Crippen molar-refractivity contribution in [2.45, 2.75) is 33.2 Å². The van der Waals surface area contributed by atoms with Crippen molar-refractivity contribution in [3.8, 4) is 5.69 Å². The number of carbonyl (C=O) groups is 1. The number of para-hydroxylation sites is 1. The largest absolute Gasteiger partial charge is 0.331 e. The molecule has 0 aliphatic rings. The summed E-state index contributed by atoms with van der Waals surface area (Å²) in [7, 11) is 1.83. The lowest BCUT2D eigenvalue weighted by Gasteiger charge is -2.18. The summed E-state index contributed by atoms with van der Waals surface area (Å²) in [6.07, 6.45) is 4.43. The highest BCUT2D eigenvalue weighted by atomic mass is 16.2. The lowest BCUT2D eigenvalue weighted by molar-refractivity contribution is 0.249. The number of carbonyl (C=O) groups excluding carboxylic acids is 1. The Morgan fingerprint density at radius 2 is 2.04 bits per heavy atom. The third-order valence-electron chi connectivity index (χ3n) is 4.43. The second-order valence-corrected chi connectivity index (χ2v) is 6.22. The van der Waals surface area contributed by atoms with Crippen LogP contribution in [0.4, 0.5) is 10.6 Å². The zero-order chi connectivity index (χ0) is 18.7. The molecule has 0 saturated carbocycles. The summed E-state index contributed by atoms with van der Waals surface area (Å²) in [5, 5.41) is 14.6. The van der Waals surface area contributed by atoms with E-state index >= 15 is 0 Å². The van der Waals surface area contributed by atoms with Crippen LogP contribution in [-0.2, 0) is 13.5 Å². The summed E-state index contributed by atoms with van der Waals surface area (Å²) >= 11 is 0. The van der Waals surface area contributed by atoms with E-state index in [2.05, 4.69) is 27.8 Å². The molecule has 3 aromatic rings. The monoisotopic (exact) mass is 352 g/mol. The first-order valence-corrected chi connectivity index (χ1v) is 8.70. The molecule has 0 bridgehead atoms. The highest BCUT2D eigenvalue weighted by molar-refractivity contribution is 5.89. The first-order chi connectivity index (χ1) is 12.5. The first kappa shape index (κ1) is 17.7. The molecule has 26 heavy (non-hydrogen) atoms. The molecule has 0 radical (unpaired) electrons. The highest BCUT2D eigenvalue weighted by Crippen LogP contribution is 2.22. The zero-order valence-corrected chi connectivity index (χ0v) is 15.5. The minimum Gasteiger partial charge on any atom is -0.331 e. The van der Waals surface area contributed by atoms with Crippen molar-refractivity contribution in [2.75, 3.05) is 5.32 Å². The Balaban J connectivity index is 1.77. The Kier molecular flexibility index (Phi) is 5.06. The van der Waals surface area contributed by atoms with Gasteiger partial charge in [-0.3, -0.25) is 10.00 Å². The Bertz CT molecular complexity index is 897. The van der Waals surface area contributed by atoms with Crippen molar-refractivity contribution in [1.29, 1.82) is 0 Å². The van der Waals surface area contributed by atoms with Gasteiger partial charge in [0.05, 0.1) is 17.4 Å². The minimum atomic E-state index is -0.259. The fourth-order valence-electron chi connectivity index (χ4n) is 3.17. The molecule has 0 spiro atoms. The van der Waals surface area contributed by atoms with Crippen LogP contribution in [0.2, 0.25) is 0 Å². The number of urea groups is 1. The Labute approximate surface area is 153 Å². The summed E-state index contributed by atoms with van der Waals surface area (Å²) < 4.78 is 3.50. The molecule has 0 aliphatic carbocycles. The SMILES string of the molecule is CCc1c(C)nn(C)c1NC(=O)N[C@@H](C)c1ccccc1-n1cccn1. The van der Waals surface area contributed by atoms with Gasteiger partial charge in [-0.25, -0.2) is 9.48 Å². The van der Waals surface area contributed by atoms with Gasteiger partial charge < -0.3 is 5.32 Å². The molecular weight excluding hydrogens is 328 g/mol. The third-order valence-corrected chi connectivity index (χ3v) is 4.43. The van der Waals surface area contributed by atoms with Crippen molar-refractivity contribution in [1.82, 2.24) is 24.9 Å². The van der Waals surface area contributed by atoms with Gasteiger partial charge in [0.1, 0.15) is 5.82 Å².